The van der Waals surface area contributed by atoms with Gasteiger partial charge in [0.05, 0.1) is 7.11 Å². The van der Waals surface area contributed by atoms with Gasteiger partial charge in [0, 0.05) is 10.9 Å². The van der Waals surface area contributed by atoms with Crippen LogP contribution in [0.3, 0.4) is 0 Å². The van der Waals surface area contributed by atoms with E-state index in [9.17, 15) is 0 Å². The van der Waals surface area contributed by atoms with Gasteiger partial charge in [-0.1, -0.05) is 50.6 Å². The third-order valence-corrected chi connectivity index (χ3v) is 4.81. The molecule has 2 rings (SSSR count). The van der Waals surface area contributed by atoms with Crippen LogP contribution in [0.25, 0.3) is 0 Å². The van der Waals surface area contributed by atoms with Gasteiger partial charge < -0.3 is 10.5 Å². The normalized spacial score (nSPS) is 13.0. The van der Waals surface area contributed by atoms with Gasteiger partial charge >= 0.3 is 0 Å². The van der Waals surface area contributed by atoms with Crippen molar-refractivity contribution in [3.8, 4) is 5.75 Å². The first-order valence-corrected chi connectivity index (χ1v) is 8.77. The van der Waals surface area contributed by atoms with Gasteiger partial charge in [-0.25, -0.2) is 0 Å². The number of methoxy groups -OCH3 is 1. The summed E-state index contributed by atoms with van der Waals surface area (Å²) in [5, 5.41) is 0.724. The fourth-order valence-corrected chi connectivity index (χ4v) is 3.23. The molecule has 24 heavy (non-hydrogen) atoms. The molecule has 0 aliphatic carbocycles. The molecule has 3 heteroatoms. The molecule has 0 fully saturated rings. The van der Waals surface area contributed by atoms with Gasteiger partial charge in [0.2, 0.25) is 0 Å². The maximum Gasteiger partial charge on any atom is 0.122 e. The fourth-order valence-electron chi connectivity index (χ4n) is 3.04. The van der Waals surface area contributed by atoms with E-state index in [1.54, 1.807) is 7.11 Å². The van der Waals surface area contributed by atoms with E-state index in [0.717, 1.165) is 22.8 Å². The summed E-state index contributed by atoms with van der Waals surface area (Å²) >= 11 is 6.18. The predicted molar refractivity (Wildman–Crippen MR) is 103 cm³/mol. The van der Waals surface area contributed by atoms with Gasteiger partial charge in [-0.2, -0.15) is 0 Å². The summed E-state index contributed by atoms with van der Waals surface area (Å²) in [5.74, 6) is 1.10. The molecule has 1 unspecified atom stereocenters. The minimum atomic E-state index is 0.120. The van der Waals surface area contributed by atoms with Crippen LogP contribution in [0.15, 0.2) is 36.4 Å². The van der Waals surface area contributed by atoms with Crippen molar-refractivity contribution in [2.75, 3.05) is 13.7 Å². The second-order valence-electron chi connectivity index (χ2n) is 7.41. The molecule has 0 bridgehead atoms. The van der Waals surface area contributed by atoms with Gasteiger partial charge in [0.15, 0.2) is 0 Å². The molecule has 2 aromatic carbocycles. The topological polar surface area (TPSA) is 35.2 Å². The maximum absolute atomic E-state index is 6.18. The van der Waals surface area contributed by atoms with Crippen molar-refractivity contribution in [2.24, 2.45) is 5.73 Å². The standard InChI is InChI=1S/C21H28ClNO/c1-14-6-7-17(21(2,3)4)12-19(14)16(13-23)10-15-11-18(22)8-9-20(15)24-5/h6-9,11-12,16H,10,13,23H2,1-5H3. The molecule has 0 aromatic heterocycles. The van der Waals surface area contributed by atoms with Crippen molar-refractivity contribution >= 4 is 11.6 Å². The molecule has 1 atom stereocenters. The number of benzene rings is 2. The average Bonchev–Trinajstić information content (AvgIpc) is 2.52. The van der Waals surface area contributed by atoms with Crippen LogP contribution in [0.2, 0.25) is 5.02 Å². The van der Waals surface area contributed by atoms with E-state index in [1.165, 1.54) is 16.7 Å². The molecule has 0 saturated heterocycles. The van der Waals surface area contributed by atoms with Gasteiger partial charge in [-0.3, -0.25) is 0 Å². The number of hydrogen-bond acceptors (Lipinski definition) is 2. The molecule has 0 amide bonds. The SMILES string of the molecule is COc1ccc(Cl)cc1CC(CN)c1cc(C(C)(C)C)ccc1C. The van der Waals surface area contributed by atoms with Crippen molar-refractivity contribution in [3.63, 3.8) is 0 Å². The summed E-state index contributed by atoms with van der Waals surface area (Å²) in [5.41, 5.74) is 11.3. The highest BCUT2D eigenvalue weighted by Gasteiger charge is 2.20. The van der Waals surface area contributed by atoms with Gasteiger partial charge in [0.25, 0.3) is 0 Å². The van der Waals surface area contributed by atoms with Gasteiger partial charge in [-0.15, -0.1) is 0 Å². The molecular formula is C21H28ClNO. The first-order chi connectivity index (χ1) is 11.3. The van der Waals surface area contributed by atoms with Crippen molar-refractivity contribution in [1.29, 1.82) is 0 Å². The Morgan fingerprint density at radius 2 is 1.83 bits per heavy atom. The van der Waals surface area contributed by atoms with Crippen molar-refractivity contribution in [2.45, 2.75) is 45.4 Å². The first-order valence-electron chi connectivity index (χ1n) is 8.39. The van der Waals surface area contributed by atoms with E-state index in [-0.39, 0.29) is 11.3 Å². The van der Waals surface area contributed by atoms with Crippen molar-refractivity contribution < 1.29 is 4.74 Å². The molecular weight excluding hydrogens is 318 g/mol. The zero-order chi connectivity index (χ0) is 17.9. The van der Waals surface area contributed by atoms with Crippen LogP contribution in [0.1, 0.15) is 48.9 Å². The largest absolute Gasteiger partial charge is 0.496 e. The summed E-state index contributed by atoms with van der Waals surface area (Å²) in [4.78, 5) is 0. The van der Waals surface area contributed by atoms with Crippen LogP contribution in [-0.4, -0.2) is 13.7 Å². The number of nitrogens with two attached hydrogens (primary N) is 1. The predicted octanol–water partition coefficient (Wildman–Crippen LogP) is 5.24. The minimum Gasteiger partial charge on any atom is -0.496 e. The molecule has 0 saturated carbocycles. The summed E-state index contributed by atoms with van der Waals surface area (Å²) in [7, 11) is 1.69. The summed E-state index contributed by atoms with van der Waals surface area (Å²) in [6.45, 7) is 9.44. The maximum atomic E-state index is 6.18. The molecule has 130 valence electrons. The summed E-state index contributed by atoms with van der Waals surface area (Å²) < 4.78 is 5.49. The van der Waals surface area contributed by atoms with Crippen molar-refractivity contribution in [1.82, 2.24) is 0 Å². The van der Waals surface area contributed by atoms with E-state index in [4.69, 9.17) is 22.1 Å². The molecule has 0 aliphatic heterocycles. The van der Waals surface area contributed by atoms with E-state index >= 15 is 0 Å². The van der Waals surface area contributed by atoms with Crippen LogP contribution in [0.4, 0.5) is 0 Å². The smallest absolute Gasteiger partial charge is 0.122 e. The fraction of sp³-hybridized carbons (Fsp3) is 0.429. The molecule has 2 nitrogen and oxygen atoms in total. The van der Waals surface area contributed by atoms with E-state index in [0.29, 0.717) is 6.54 Å². The molecule has 0 heterocycles. The van der Waals surface area contributed by atoms with Gasteiger partial charge in [0.1, 0.15) is 5.75 Å². The van der Waals surface area contributed by atoms with Gasteiger partial charge in [-0.05, 0) is 65.8 Å². The minimum absolute atomic E-state index is 0.120. The molecule has 2 aromatic rings. The lowest BCUT2D eigenvalue weighted by atomic mass is 9.81. The highest BCUT2D eigenvalue weighted by molar-refractivity contribution is 6.30. The number of aryl methyl sites for hydroxylation is 1. The first kappa shape index (κ1) is 18.8. The zero-order valence-electron chi connectivity index (χ0n) is 15.3. The molecule has 0 spiro atoms. The third-order valence-electron chi connectivity index (χ3n) is 4.58. The van der Waals surface area contributed by atoms with E-state index < -0.39 is 0 Å². The highest BCUT2D eigenvalue weighted by Crippen LogP contribution is 2.32. The van der Waals surface area contributed by atoms with Crippen molar-refractivity contribution in [3.05, 3.63) is 63.7 Å². The second-order valence-corrected chi connectivity index (χ2v) is 7.85. The highest BCUT2D eigenvalue weighted by atomic mass is 35.5. The lowest BCUT2D eigenvalue weighted by molar-refractivity contribution is 0.408. The molecule has 0 aliphatic rings. The number of rotatable bonds is 5. The monoisotopic (exact) mass is 345 g/mol. The Balaban J connectivity index is 2.41. The number of hydrogen-bond donors (Lipinski definition) is 1. The molecule has 0 radical (unpaired) electrons. The third kappa shape index (κ3) is 4.31. The summed E-state index contributed by atoms with van der Waals surface area (Å²) in [6.07, 6.45) is 0.814. The van der Waals surface area contributed by atoms with Crippen LogP contribution < -0.4 is 10.5 Å². The van der Waals surface area contributed by atoms with E-state index in [1.807, 2.05) is 18.2 Å². The van der Waals surface area contributed by atoms with Crippen LogP contribution >= 0.6 is 11.6 Å². The Labute approximate surface area is 151 Å². The summed E-state index contributed by atoms with van der Waals surface area (Å²) in [6, 6.07) is 12.5. The second kappa shape index (κ2) is 7.58. The zero-order valence-corrected chi connectivity index (χ0v) is 16.1. The Hall–Kier alpha value is -1.51. The van der Waals surface area contributed by atoms with E-state index in [2.05, 4.69) is 45.9 Å². The lowest BCUT2D eigenvalue weighted by Crippen LogP contribution is -2.18. The Morgan fingerprint density at radius 3 is 2.42 bits per heavy atom. The Kier molecular flexibility index (Phi) is 5.95. The van der Waals surface area contributed by atoms with Crippen LogP contribution in [-0.2, 0) is 11.8 Å². The number of halogens is 1. The Morgan fingerprint density at radius 1 is 1.12 bits per heavy atom. The quantitative estimate of drug-likeness (QED) is 0.804. The average molecular weight is 346 g/mol. The van der Waals surface area contributed by atoms with Crippen LogP contribution in [0.5, 0.6) is 5.75 Å². The number of ether oxygens (including phenoxy) is 1. The Bertz CT molecular complexity index is 703. The van der Waals surface area contributed by atoms with Crippen LogP contribution in [0, 0.1) is 6.92 Å². The molecule has 2 N–H and O–H groups in total. The lowest BCUT2D eigenvalue weighted by Gasteiger charge is -2.24.